The molecule has 0 spiro atoms. The molecule has 1 fully saturated rings. The van der Waals surface area contributed by atoms with E-state index in [0.717, 1.165) is 49.0 Å². The molecule has 0 unspecified atom stereocenters. The van der Waals surface area contributed by atoms with Gasteiger partial charge in [-0.3, -0.25) is 4.79 Å². The molecule has 188 valence electrons. The minimum absolute atomic E-state index is 0. The fraction of sp³-hybridized carbons (Fsp3) is 0.308. The van der Waals surface area contributed by atoms with Crippen LogP contribution in [0.3, 0.4) is 0 Å². The summed E-state index contributed by atoms with van der Waals surface area (Å²) in [6.45, 7) is 9.42. The zero-order chi connectivity index (χ0) is 24.5. The van der Waals surface area contributed by atoms with Gasteiger partial charge in [-0.15, -0.1) is 12.4 Å². The van der Waals surface area contributed by atoms with E-state index in [1.54, 1.807) is 6.92 Å². The largest absolute Gasteiger partial charge is 0.368 e. The Morgan fingerprint density at radius 3 is 2.53 bits per heavy atom. The molecule has 36 heavy (non-hydrogen) atoms. The van der Waals surface area contributed by atoms with E-state index in [1.807, 2.05) is 61.0 Å². The number of benzene rings is 1. The van der Waals surface area contributed by atoms with Crippen LogP contribution in [0.4, 0.5) is 21.8 Å². The van der Waals surface area contributed by atoms with Gasteiger partial charge in [0.2, 0.25) is 5.95 Å². The Bertz CT molecular complexity index is 1380. The molecule has 0 aliphatic carbocycles. The number of nitrogens with one attached hydrogen (secondary N) is 2. The molecule has 5 rings (SSSR count). The summed E-state index contributed by atoms with van der Waals surface area (Å²) >= 11 is 0. The van der Waals surface area contributed by atoms with Crippen LogP contribution >= 0.6 is 12.4 Å². The Balaban J connectivity index is 0.00000304. The van der Waals surface area contributed by atoms with E-state index in [-0.39, 0.29) is 35.9 Å². The minimum Gasteiger partial charge on any atom is -0.368 e. The third-order valence-corrected chi connectivity index (χ3v) is 6.20. The molecule has 1 aliphatic rings. The van der Waals surface area contributed by atoms with Gasteiger partial charge < -0.3 is 20.1 Å². The summed E-state index contributed by atoms with van der Waals surface area (Å²) in [5.74, 6) is 0.309. The number of fused-ring (bicyclic) bond motifs is 1. The number of hydrogen-bond donors (Lipinski definition) is 2. The van der Waals surface area contributed by atoms with Gasteiger partial charge >= 0.3 is 0 Å². The first kappa shape index (κ1) is 25.5. The number of ketones is 1. The molecule has 0 radical (unpaired) electrons. The monoisotopic (exact) mass is 509 g/mol. The Kier molecular flexibility index (Phi) is 7.51. The second-order valence-electron chi connectivity index (χ2n) is 8.98. The third kappa shape index (κ3) is 5.03. The molecule has 1 aliphatic heterocycles. The Hall–Kier alpha value is -3.56. The van der Waals surface area contributed by atoms with Crippen molar-refractivity contribution in [1.29, 1.82) is 0 Å². The number of piperazine rings is 1. The van der Waals surface area contributed by atoms with E-state index < -0.39 is 5.82 Å². The first-order valence-corrected chi connectivity index (χ1v) is 11.8. The van der Waals surface area contributed by atoms with Crippen molar-refractivity contribution in [2.75, 3.05) is 36.4 Å². The normalized spacial score (nSPS) is 13.6. The van der Waals surface area contributed by atoms with Gasteiger partial charge in [-0.2, -0.15) is 0 Å². The van der Waals surface area contributed by atoms with Crippen molar-refractivity contribution in [3.63, 3.8) is 0 Å². The highest BCUT2D eigenvalue weighted by Gasteiger charge is 2.17. The molecule has 4 aromatic rings. The van der Waals surface area contributed by atoms with Crippen LogP contribution in [0.5, 0.6) is 0 Å². The fourth-order valence-corrected chi connectivity index (χ4v) is 4.53. The number of nitrogens with zero attached hydrogens (tertiary/aromatic N) is 5. The van der Waals surface area contributed by atoms with Crippen molar-refractivity contribution < 1.29 is 9.18 Å². The van der Waals surface area contributed by atoms with Gasteiger partial charge in [-0.25, -0.2) is 19.3 Å². The summed E-state index contributed by atoms with van der Waals surface area (Å²) in [5, 5.41) is 7.27. The van der Waals surface area contributed by atoms with Crippen LogP contribution < -0.4 is 15.5 Å². The van der Waals surface area contributed by atoms with Gasteiger partial charge in [0.25, 0.3) is 0 Å². The zero-order valence-electron chi connectivity index (χ0n) is 20.5. The highest BCUT2D eigenvalue weighted by Crippen LogP contribution is 2.30. The van der Waals surface area contributed by atoms with Gasteiger partial charge in [0.1, 0.15) is 11.5 Å². The van der Waals surface area contributed by atoms with Gasteiger partial charge in [-0.1, -0.05) is 6.07 Å². The number of hydrogen-bond acceptors (Lipinski definition) is 7. The SMILES string of the molecule is CC(=O)c1cc2cc(-c3nc(Nc4ccc(N5CCNCC5)cn4)ncc3F)ccc2n1C(C)C.Cl. The number of pyridine rings is 1. The lowest BCUT2D eigenvalue weighted by molar-refractivity contribution is 0.100. The number of Topliss-reactive ketones (excluding diaryl/α,β-unsaturated/α-hetero) is 1. The molecule has 10 heteroatoms. The summed E-state index contributed by atoms with van der Waals surface area (Å²) in [6.07, 6.45) is 2.97. The lowest BCUT2D eigenvalue weighted by Gasteiger charge is -2.29. The number of carbonyl (C=O) groups excluding carboxylic acids is 1. The first-order chi connectivity index (χ1) is 16.9. The van der Waals surface area contributed by atoms with Crippen molar-refractivity contribution in [1.82, 2.24) is 24.8 Å². The Morgan fingerprint density at radius 2 is 1.86 bits per heavy atom. The zero-order valence-corrected chi connectivity index (χ0v) is 21.3. The minimum atomic E-state index is -0.521. The molecular formula is C26H29ClFN7O. The summed E-state index contributed by atoms with van der Waals surface area (Å²) in [7, 11) is 0. The second-order valence-corrected chi connectivity index (χ2v) is 8.98. The lowest BCUT2D eigenvalue weighted by Crippen LogP contribution is -2.43. The molecule has 3 aromatic heterocycles. The highest BCUT2D eigenvalue weighted by atomic mass is 35.5. The van der Waals surface area contributed by atoms with Crippen LogP contribution in [0.2, 0.25) is 0 Å². The van der Waals surface area contributed by atoms with Gasteiger partial charge in [-0.05, 0) is 44.2 Å². The van der Waals surface area contributed by atoms with E-state index in [2.05, 4.69) is 30.5 Å². The molecule has 0 saturated carbocycles. The van der Waals surface area contributed by atoms with Gasteiger partial charge in [0.05, 0.1) is 23.8 Å². The molecule has 0 atom stereocenters. The Labute approximate surface area is 215 Å². The predicted octanol–water partition coefficient (Wildman–Crippen LogP) is 4.99. The maximum absolute atomic E-state index is 14.8. The van der Waals surface area contributed by atoms with Crippen LogP contribution in [0.1, 0.15) is 37.3 Å². The van der Waals surface area contributed by atoms with Gasteiger partial charge in [0, 0.05) is 55.6 Å². The van der Waals surface area contributed by atoms with Crippen molar-refractivity contribution in [2.24, 2.45) is 0 Å². The van der Waals surface area contributed by atoms with Crippen LogP contribution in [0.15, 0.2) is 48.8 Å². The number of halogens is 2. The topological polar surface area (TPSA) is 88.0 Å². The standard InChI is InChI=1S/C26H28FN7O.ClH/c1-16(2)34-22-6-4-18(12-19(22)13-23(34)17(3)35)25-21(27)15-30-26(32-25)31-24-7-5-20(14-29-24)33-10-8-28-9-11-33;/h4-7,12-16,28H,8-11H2,1-3H3,(H,29,30,31,32);1H. The van der Waals surface area contributed by atoms with Crippen molar-refractivity contribution in [3.8, 4) is 11.3 Å². The van der Waals surface area contributed by atoms with E-state index >= 15 is 0 Å². The third-order valence-electron chi connectivity index (χ3n) is 6.20. The van der Waals surface area contributed by atoms with E-state index in [9.17, 15) is 9.18 Å². The van der Waals surface area contributed by atoms with Crippen molar-refractivity contribution in [2.45, 2.75) is 26.8 Å². The molecule has 1 aromatic carbocycles. The van der Waals surface area contributed by atoms with Crippen LogP contribution in [-0.4, -0.2) is 51.5 Å². The molecule has 2 N–H and O–H groups in total. The Morgan fingerprint density at radius 1 is 1.08 bits per heavy atom. The summed E-state index contributed by atoms with van der Waals surface area (Å²) < 4.78 is 16.8. The average Bonchev–Trinajstić information content (AvgIpc) is 3.26. The molecule has 1 saturated heterocycles. The second kappa shape index (κ2) is 10.6. The molecule has 0 bridgehead atoms. The number of carbonyl (C=O) groups is 1. The maximum Gasteiger partial charge on any atom is 0.229 e. The first-order valence-electron chi connectivity index (χ1n) is 11.8. The van der Waals surface area contributed by atoms with Crippen molar-refractivity contribution in [3.05, 3.63) is 60.3 Å². The van der Waals surface area contributed by atoms with Gasteiger partial charge in [0.15, 0.2) is 11.6 Å². The van der Waals surface area contributed by atoms with E-state index in [1.165, 1.54) is 0 Å². The summed E-state index contributed by atoms with van der Waals surface area (Å²) in [5.41, 5.74) is 3.41. The number of rotatable bonds is 6. The smallest absolute Gasteiger partial charge is 0.229 e. The molecule has 8 nitrogen and oxygen atoms in total. The number of aromatic nitrogens is 4. The van der Waals surface area contributed by atoms with E-state index in [0.29, 0.717) is 17.1 Å². The molecule has 0 amide bonds. The summed E-state index contributed by atoms with van der Waals surface area (Å²) in [4.78, 5) is 27.4. The fourth-order valence-electron chi connectivity index (χ4n) is 4.53. The average molecular weight is 510 g/mol. The molecule has 4 heterocycles. The van der Waals surface area contributed by atoms with Crippen LogP contribution in [-0.2, 0) is 0 Å². The predicted molar refractivity (Wildman–Crippen MR) is 143 cm³/mol. The molecular weight excluding hydrogens is 481 g/mol. The number of anilines is 3. The van der Waals surface area contributed by atoms with Crippen molar-refractivity contribution >= 4 is 46.5 Å². The van der Waals surface area contributed by atoms with E-state index in [4.69, 9.17) is 0 Å². The summed E-state index contributed by atoms with van der Waals surface area (Å²) in [6, 6.07) is 11.4. The highest BCUT2D eigenvalue weighted by molar-refractivity contribution is 5.99. The lowest BCUT2D eigenvalue weighted by atomic mass is 10.1. The maximum atomic E-state index is 14.8. The van der Waals surface area contributed by atoms with Crippen LogP contribution in [0, 0.1) is 5.82 Å². The van der Waals surface area contributed by atoms with Crippen LogP contribution in [0.25, 0.3) is 22.2 Å². The quantitative estimate of drug-likeness (QED) is 0.354.